The van der Waals surface area contributed by atoms with Crippen LogP contribution in [0.4, 0.5) is 0 Å². The third-order valence-electron chi connectivity index (χ3n) is 4.44. The Morgan fingerprint density at radius 2 is 1.92 bits per heavy atom. The van der Waals surface area contributed by atoms with E-state index < -0.39 is 0 Å². The third kappa shape index (κ3) is 10.9. The summed E-state index contributed by atoms with van der Waals surface area (Å²) in [4.78, 5) is 18.9. The van der Waals surface area contributed by atoms with Crippen molar-refractivity contribution < 1.29 is 4.79 Å². The van der Waals surface area contributed by atoms with Gasteiger partial charge in [-0.05, 0) is 46.1 Å². The van der Waals surface area contributed by atoms with Crippen molar-refractivity contribution in [1.82, 2.24) is 20.9 Å². The zero-order valence-corrected chi connectivity index (χ0v) is 18.8. The van der Waals surface area contributed by atoms with E-state index in [1.54, 1.807) is 0 Å². The molecule has 3 N–H and O–H groups in total. The molecule has 0 aliphatic carbocycles. The number of carbonyl (C=O) groups excluding carboxylic acids is 1. The summed E-state index contributed by atoms with van der Waals surface area (Å²) in [6, 6.07) is 0.714. The molecule has 1 saturated heterocycles. The van der Waals surface area contributed by atoms with Crippen molar-refractivity contribution in [3.8, 4) is 0 Å². The summed E-state index contributed by atoms with van der Waals surface area (Å²) < 4.78 is 0. The first kappa shape index (κ1) is 24.4. The molecule has 1 aliphatic heterocycles. The van der Waals surface area contributed by atoms with Gasteiger partial charge in [-0.25, -0.2) is 0 Å². The van der Waals surface area contributed by atoms with Crippen LogP contribution in [0.25, 0.3) is 0 Å². The Balaban J connectivity index is 0.00000576. The lowest BCUT2D eigenvalue weighted by molar-refractivity contribution is -0.121. The lowest BCUT2D eigenvalue weighted by Crippen LogP contribution is -2.48. The molecule has 0 saturated carbocycles. The summed E-state index contributed by atoms with van der Waals surface area (Å²) in [5.41, 5.74) is 0. The summed E-state index contributed by atoms with van der Waals surface area (Å²) in [6.07, 6.45) is 4.92. The van der Waals surface area contributed by atoms with Crippen molar-refractivity contribution in [2.75, 3.05) is 32.7 Å². The zero-order chi connectivity index (χ0) is 17.8. The second-order valence-corrected chi connectivity index (χ2v) is 6.65. The predicted octanol–water partition coefficient (Wildman–Crippen LogP) is 2.34. The summed E-state index contributed by atoms with van der Waals surface area (Å²) in [6.45, 7) is 13.3. The van der Waals surface area contributed by atoms with E-state index in [0.717, 1.165) is 44.9 Å². The second kappa shape index (κ2) is 14.6. The lowest BCUT2D eigenvalue weighted by Gasteiger charge is -2.32. The average molecular weight is 467 g/mol. The summed E-state index contributed by atoms with van der Waals surface area (Å²) in [5.74, 6) is 0.916. The van der Waals surface area contributed by atoms with E-state index in [1.165, 1.54) is 13.0 Å². The Bertz CT molecular complexity index is 384. The van der Waals surface area contributed by atoms with Crippen LogP contribution in [-0.4, -0.2) is 61.6 Å². The normalized spacial score (nSPS) is 17.5. The van der Waals surface area contributed by atoms with Crippen molar-refractivity contribution >= 4 is 35.8 Å². The van der Waals surface area contributed by atoms with Crippen LogP contribution in [0, 0.1) is 0 Å². The highest BCUT2D eigenvalue weighted by atomic mass is 127. The summed E-state index contributed by atoms with van der Waals surface area (Å²) in [5, 5.41) is 9.79. The van der Waals surface area contributed by atoms with Crippen LogP contribution in [0.15, 0.2) is 4.99 Å². The predicted molar refractivity (Wildman–Crippen MR) is 117 cm³/mol. The number of carbonyl (C=O) groups is 1. The van der Waals surface area contributed by atoms with E-state index >= 15 is 0 Å². The summed E-state index contributed by atoms with van der Waals surface area (Å²) in [7, 11) is 0. The molecular weight excluding hydrogens is 429 g/mol. The van der Waals surface area contributed by atoms with Crippen LogP contribution >= 0.6 is 24.0 Å². The molecule has 148 valence electrons. The highest BCUT2D eigenvalue weighted by Crippen LogP contribution is 2.10. The number of rotatable bonds is 9. The van der Waals surface area contributed by atoms with Gasteiger partial charge in [-0.3, -0.25) is 9.79 Å². The van der Waals surface area contributed by atoms with E-state index in [-0.39, 0.29) is 35.9 Å². The van der Waals surface area contributed by atoms with Crippen LogP contribution in [0.1, 0.15) is 59.8 Å². The molecule has 1 heterocycles. The number of nitrogens with one attached hydrogen (secondary N) is 3. The first-order chi connectivity index (χ1) is 11.6. The molecule has 1 rings (SSSR count). The van der Waals surface area contributed by atoms with Crippen molar-refractivity contribution in [1.29, 1.82) is 0 Å². The van der Waals surface area contributed by atoms with E-state index in [2.05, 4.69) is 46.6 Å². The number of piperidine rings is 1. The highest BCUT2D eigenvalue weighted by Gasteiger charge is 2.19. The van der Waals surface area contributed by atoms with Gasteiger partial charge in [0.05, 0.1) is 6.54 Å². The minimum atomic E-state index is 0. The molecule has 6 nitrogen and oxygen atoms in total. The van der Waals surface area contributed by atoms with Gasteiger partial charge in [-0.2, -0.15) is 0 Å². The fraction of sp³-hybridized carbons (Fsp3) is 0.889. The second-order valence-electron chi connectivity index (χ2n) is 6.65. The van der Waals surface area contributed by atoms with E-state index in [0.29, 0.717) is 19.0 Å². The molecule has 1 aliphatic rings. The molecular formula is C18H38IN5O. The van der Waals surface area contributed by atoms with Crippen molar-refractivity contribution in [3.05, 3.63) is 0 Å². The molecule has 1 fully saturated rings. The maximum atomic E-state index is 11.8. The molecule has 1 atom stereocenters. The zero-order valence-electron chi connectivity index (χ0n) is 16.4. The Morgan fingerprint density at radius 3 is 2.48 bits per heavy atom. The molecule has 0 aromatic rings. The number of hydrogen-bond donors (Lipinski definition) is 3. The fourth-order valence-corrected chi connectivity index (χ4v) is 2.85. The van der Waals surface area contributed by atoms with Gasteiger partial charge in [0.1, 0.15) is 0 Å². The molecule has 0 radical (unpaired) electrons. The molecule has 0 spiro atoms. The highest BCUT2D eigenvalue weighted by molar-refractivity contribution is 14.0. The fourth-order valence-electron chi connectivity index (χ4n) is 2.85. The quantitative estimate of drug-likeness (QED) is 0.277. The minimum absolute atomic E-state index is 0. The van der Waals surface area contributed by atoms with Crippen LogP contribution in [-0.2, 0) is 4.79 Å². The monoisotopic (exact) mass is 467 g/mol. The molecule has 1 unspecified atom stereocenters. The van der Waals surface area contributed by atoms with Gasteiger partial charge in [0.15, 0.2) is 5.96 Å². The van der Waals surface area contributed by atoms with Crippen molar-refractivity contribution in [2.24, 2.45) is 4.99 Å². The van der Waals surface area contributed by atoms with E-state index in [4.69, 9.17) is 0 Å². The maximum Gasteiger partial charge on any atom is 0.222 e. The number of hydrogen-bond acceptors (Lipinski definition) is 3. The Labute approximate surface area is 171 Å². The van der Waals surface area contributed by atoms with Gasteiger partial charge in [-0.15, -0.1) is 24.0 Å². The molecule has 0 aromatic heterocycles. The number of nitrogens with zero attached hydrogens (tertiary/aromatic N) is 2. The largest absolute Gasteiger partial charge is 0.357 e. The van der Waals surface area contributed by atoms with Crippen LogP contribution < -0.4 is 16.0 Å². The molecule has 0 bridgehead atoms. The topological polar surface area (TPSA) is 68.8 Å². The molecule has 25 heavy (non-hydrogen) atoms. The van der Waals surface area contributed by atoms with Gasteiger partial charge in [0.2, 0.25) is 5.91 Å². The standard InChI is InChI=1S/C18H37N5O.HI/c1-5-12-23-13-9-16(10-14-23)22-18(19-7-3)20-11-8-17(24)21-15(4)6-2;/h15-16H,5-14H2,1-4H3,(H,21,24)(H2,19,20,22);1H. The van der Waals surface area contributed by atoms with Crippen LogP contribution in [0.3, 0.4) is 0 Å². The number of halogens is 1. The van der Waals surface area contributed by atoms with Crippen molar-refractivity contribution in [3.63, 3.8) is 0 Å². The van der Waals surface area contributed by atoms with Gasteiger partial charge in [0, 0.05) is 38.1 Å². The average Bonchev–Trinajstić information content (AvgIpc) is 2.57. The van der Waals surface area contributed by atoms with Crippen LogP contribution in [0.5, 0.6) is 0 Å². The maximum absolute atomic E-state index is 11.8. The molecule has 0 aromatic carbocycles. The van der Waals surface area contributed by atoms with Gasteiger partial charge in [0.25, 0.3) is 0 Å². The van der Waals surface area contributed by atoms with Gasteiger partial charge >= 0.3 is 0 Å². The number of aliphatic imine (C=N–C) groups is 1. The number of guanidine groups is 1. The Hall–Kier alpha value is -0.570. The van der Waals surface area contributed by atoms with Gasteiger partial charge in [-0.1, -0.05) is 13.8 Å². The first-order valence-electron chi connectivity index (χ1n) is 9.65. The number of likely N-dealkylation sites (tertiary alicyclic amines) is 1. The SMILES string of the molecule is CCCN1CCC(NC(=NCCC(=O)NC(C)CC)NCC)CC1.I. The molecule has 7 heteroatoms. The van der Waals surface area contributed by atoms with E-state index in [9.17, 15) is 4.79 Å². The lowest BCUT2D eigenvalue weighted by atomic mass is 10.1. The van der Waals surface area contributed by atoms with Crippen molar-refractivity contribution in [2.45, 2.75) is 71.9 Å². The van der Waals surface area contributed by atoms with Crippen LogP contribution in [0.2, 0.25) is 0 Å². The Kier molecular flexibility index (Phi) is 14.3. The Morgan fingerprint density at radius 1 is 1.24 bits per heavy atom. The third-order valence-corrected chi connectivity index (χ3v) is 4.44. The number of amides is 1. The van der Waals surface area contributed by atoms with E-state index in [1.807, 2.05) is 6.92 Å². The smallest absolute Gasteiger partial charge is 0.222 e. The van der Waals surface area contributed by atoms with Gasteiger partial charge < -0.3 is 20.9 Å². The minimum Gasteiger partial charge on any atom is -0.357 e. The molecule has 1 amide bonds. The summed E-state index contributed by atoms with van der Waals surface area (Å²) >= 11 is 0. The first-order valence-corrected chi connectivity index (χ1v) is 9.65.